The van der Waals surface area contributed by atoms with Crippen LogP contribution in [0.4, 0.5) is 4.79 Å². The molecule has 1 saturated heterocycles. The first-order chi connectivity index (χ1) is 14.4. The van der Waals surface area contributed by atoms with Gasteiger partial charge in [0.05, 0.1) is 18.8 Å². The number of amides is 1. The third kappa shape index (κ3) is 6.76. The van der Waals surface area contributed by atoms with Gasteiger partial charge in [0.15, 0.2) is 5.89 Å². The lowest BCUT2D eigenvalue weighted by Crippen LogP contribution is -2.39. The zero-order valence-electron chi connectivity index (χ0n) is 18.5. The maximum Gasteiger partial charge on any atom is 0.410 e. The van der Waals surface area contributed by atoms with E-state index >= 15 is 0 Å². The van der Waals surface area contributed by atoms with Crippen LogP contribution in [0.15, 0.2) is 34.9 Å². The van der Waals surface area contributed by atoms with Crippen molar-refractivity contribution in [3.05, 3.63) is 47.7 Å². The summed E-state index contributed by atoms with van der Waals surface area (Å²) in [6.45, 7) is 9.37. The number of nitrogens with zero attached hydrogens (tertiary/aromatic N) is 3. The third-order valence-electron chi connectivity index (χ3n) is 5.09. The molecule has 1 aliphatic heterocycles. The number of hydrogen-bond acceptors (Lipinski definition) is 6. The Balaban J connectivity index is 1.65. The van der Waals surface area contributed by atoms with E-state index in [-0.39, 0.29) is 12.2 Å². The lowest BCUT2D eigenvalue weighted by molar-refractivity contribution is 0.0296. The van der Waals surface area contributed by atoms with Gasteiger partial charge in [-0.3, -0.25) is 4.90 Å². The maximum absolute atomic E-state index is 13.0. The fourth-order valence-electron chi connectivity index (χ4n) is 3.36. The molecule has 0 radical (unpaired) electrons. The Morgan fingerprint density at radius 2 is 1.93 bits per heavy atom. The Bertz CT molecular complexity index is 795. The van der Waals surface area contributed by atoms with Crippen LogP contribution in [0.2, 0.25) is 0 Å². The zero-order chi connectivity index (χ0) is 21.5. The largest absolute Gasteiger partial charge is 0.493 e. The van der Waals surface area contributed by atoms with Crippen molar-refractivity contribution in [1.82, 2.24) is 14.8 Å². The molecule has 2 heterocycles. The minimum atomic E-state index is -0.314. The molecule has 1 aromatic heterocycles. The second-order valence-corrected chi connectivity index (χ2v) is 8.45. The molecule has 0 N–H and O–H groups in total. The minimum Gasteiger partial charge on any atom is -0.493 e. The van der Waals surface area contributed by atoms with Gasteiger partial charge in [0.1, 0.15) is 18.1 Å². The highest BCUT2D eigenvalue weighted by atomic mass is 16.6. The molecule has 30 heavy (non-hydrogen) atoms. The van der Waals surface area contributed by atoms with E-state index in [0.29, 0.717) is 37.2 Å². The molecule has 0 spiro atoms. The molecule has 2 aromatic rings. The quantitative estimate of drug-likeness (QED) is 0.642. The highest BCUT2D eigenvalue weighted by molar-refractivity contribution is 5.68. The number of benzene rings is 1. The SMILES string of the molecule is Cc1nc(CN(Cc2ccc(OCC(C)C)cc2)C(=O)OC2CCN(C)CC2)co1. The Morgan fingerprint density at radius 1 is 1.23 bits per heavy atom. The standard InChI is InChI=1S/C23H33N3O4/c1-17(2)15-29-21-7-5-19(6-8-21)13-26(14-20-16-28-18(3)24-20)23(27)30-22-9-11-25(4)12-10-22/h5-8,16-17,22H,9-15H2,1-4H3. The molecule has 0 aliphatic carbocycles. The Morgan fingerprint density at radius 3 is 2.53 bits per heavy atom. The van der Waals surface area contributed by atoms with Crippen molar-refractivity contribution < 1.29 is 18.7 Å². The number of likely N-dealkylation sites (tertiary alicyclic amines) is 1. The monoisotopic (exact) mass is 415 g/mol. The molecule has 0 atom stereocenters. The van der Waals surface area contributed by atoms with E-state index in [2.05, 4.69) is 30.8 Å². The molecular weight excluding hydrogens is 382 g/mol. The molecular formula is C23H33N3O4. The Kier molecular flexibility index (Phi) is 7.74. The van der Waals surface area contributed by atoms with Gasteiger partial charge in [-0.25, -0.2) is 9.78 Å². The number of ether oxygens (including phenoxy) is 2. The van der Waals surface area contributed by atoms with E-state index in [0.717, 1.165) is 37.2 Å². The van der Waals surface area contributed by atoms with Gasteiger partial charge in [-0.2, -0.15) is 0 Å². The first kappa shape index (κ1) is 22.2. The molecule has 7 heteroatoms. The number of aryl methyl sites for hydroxylation is 1. The van der Waals surface area contributed by atoms with Crippen LogP contribution in [0.1, 0.15) is 43.8 Å². The normalized spacial score (nSPS) is 15.4. The summed E-state index contributed by atoms with van der Waals surface area (Å²) >= 11 is 0. The van der Waals surface area contributed by atoms with E-state index in [1.165, 1.54) is 0 Å². The molecule has 3 rings (SSSR count). The summed E-state index contributed by atoms with van der Waals surface area (Å²) in [4.78, 5) is 21.2. The fraction of sp³-hybridized carbons (Fsp3) is 0.565. The number of carbonyl (C=O) groups excluding carboxylic acids is 1. The van der Waals surface area contributed by atoms with Crippen LogP contribution in [0, 0.1) is 12.8 Å². The lowest BCUT2D eigenvalue weighted by atomic mass is 10.1. The summed E-state index contributed by atoms with van der Waals surface area (Å²) < 4.78 is 16.9. The average molecular weight is 416 g/mol. The van der Waals surface area contributed by atoms with Crippen LogP contribution in [-0.2, 0) is 17.8 Å². The second kappa shape index (κ2) is 10.5. The van der Waals surface area contributed by atoms with Crippen molar-refractivity contribution in [1.29, 1.82) is 0 Å². The van der Waals surface area contributed by atoms with Crippen LogP contribution in [0.25, 0.3) is 0 Å². The molecule has 1 amide bonds. The second-order valence-electron chi connectivity index (χ2n) is 8.45. The van der Waals surface area contributed by atoms with Crippen molar-refractivity contribution in [3.8, 4) is 5.75 Å². The van der Waals surface area contributed by atoms with Gasteiger partial charge in [0.25, 0.3) is 0 Å². The number of carbonyl (C=O) groups is 1. The van der Waals surface area contributed by atoms with E-state index in [1.54, 1.807) is 18.1 Å². The predicted molar refractivity (Wildman–Crippen MR) is 114 cm³/mol. The van der Waals surface area contributed by atoms with Crippen molar-refractivity contribution in [3.63, 3.8) is 0 Å². The number of hydrogen-bond donors (Lipinski definition) is 0. The van der Waals surface area contributed by atoms with Crippen LogP contribution in [0.3, 0.4) is 0 Å². The average Bonchev–Trinajstić information content (AvgIpc) is 3.13. The van der Waals surface area contributed by atoms with Crippen molar-refractivity contribution in [2.24, 2.45) is 5.92 Å². The van der Waals surface area contributed by atoms with Gasteiger partial charge in [0.2, 0.25) is 0 Å². The molecule has 1 aromatic carbocycles. The zero-order valence-corrected chi connectivity index (χ0v) is 18.5. The number of piperidine rings is 1. The third-order valence-corrected chi connectivity index (χ3v) is 5.09. The first-order valence-electron chi connectivity index (χ1n) is 10.7. The summed E-state index contributed by atoms with van der Waals surface area (Å²) in [7, 11) is 2.09. The fourth-order valence-corrected chi connectivity index (χ4v) is 3.36. The van der Waals surface area contributed by atoms with Crippen LogP contribution >= 0.6 is 0 Å². The summed E-state index contributed by atoms with van der Waals surface area (Å²) in [5.41, 5.74) is 1.72. The van der Waals surface area contributed by atoms with Gasteiger partial charge in [-0.1, -0.05) is 26.0 Å². The molecule has 0 saturated carbocycles. The highest BCUT2D eigenvalue weighted by Crippen LogP contribution is 2.19. The first-order valence-corrected chi connectivity index (χ1v) is 10.7. The Hall–Kier alpha value is -2.54. The van der Waals surface area contributed by atoms with E-state index in [4.69, 9.17) is 13.9 Å². The van der Waals surface area contributed by atoms with E-state index in [9.17, 15) is 4.79 Å². The van der Waals surface area contributed by atoms with E-state index < -0.39 is 0 Å². The smallest absolute Gasteiger partial charge is 0.410 e. The predicted octanol–water partition coefficient (Wildman–Crippen LogP) is 4.25. The summed E-state index contributed by atoms with van der Waals surface area (Å²) in [5.74, 6) is 1.89. The topological polar surface area (TPSA) is 68.0 Å². The van der Waals surface area contributed by atoms with Gasteiger partial charge in [0, 0.05) is 26.6 Å². The summed E-state index contributed by atoms with van der Waals surface area (Å²) in [6.07, 6.45) is 2.96. The highest BCUT2D eigenvalue weighted by Gasteiger charge is 2.24. The van der Waals surface area contributed by atoms with Crippen molar-refractivity contribution >= 4 is 6.09 Å². The minimum absolute atomic E-state index is 0.0398. The molecule has 0 unspecified atom stereocenters. The number of aromatic nitrogens is 1. The maximum atomic E-state index is 13.0. The van der Waals surface area contributed by atoms with Gasteiger partial charge >= 0.3 is 6.09 Å². The van der Waals surface area contributed by atoms with Crippen molar-refractivity contribution in [2.75, 3.05) is 26.7 Å². The number of oxazole rings is 1. The lowest BCUT2D eigenvalue weighted by Gasteiger charge is -2.30. The van der Waals surface area contributed by atoms with Gasteiger partial charge in [-0.05, 0) is 43.5 Å². The van der Waals surface area contributed by atoms with Gasteiger partial charge < -0.3 is 18.8 Å². The van der Waals surface area contributed by atoms with Crippen LogP contribution < -0.4 is 4.74 Å². The molecule has 1 fully saturated rings. The molecule has 0 bridgehead atoms. The molecule has 164 valence electrons. The van der Waals surface area contributed by atoms with Crippen LogP contribution in [-0.4, -0.2) is 53.7 Å². The Labute approximate surface area is 179 Å². The molecule has 1 aliphatic rings. The van der Waals surface area contributed by atoms with Crippen molar-refractivity contribution in [2.45, 2.75) is 52.8 Å². The summed E-state index contributed by atoms with van der Waals surface area (Å²) in [6, 6.07) is 7.86. The summed E-state index contributed by atoms with van der Waals surface area (Å²) in [5, 5.41) is 0. The molecule has 7 nitrogen and oxygen atoms in total. The van der Waals surface area contributed by atoms with Gasteiger partial charge in [-0.15, -0.1) is 0 Å². The van der Waals surface area contributed by atoms with E-state index in [1.807, 2.05) is 24.3 Å². The number of rotatable bonds is 8. The van der Waals surface area contributed by atoms with Crippen LogP contribution in [0.5, 0.6) is 5.75 Å².